The van der Waals surface area contributed by atoms with Gasteiger partial charge in [-0.05, 0) is 47.3 Å². The van der Waals surface area contributed by atoms with Gasteiger partial charge in [0, 0.05) is 26.9 Å². The van der Waals surface area contributed by atoms with E-state index in [2.05, 4.69) is 17.1 Å². The molecule has 5 rings (SSSR count). The standard InChI is InChI=1S/C24H16FNO2S/c1-28-16-8-6-14(7-9-16)18-13-26-23-17(10-11-19(25)22(23)24(18)27)21-12-15-4-2-3-5-20(15)29-21/h2-13H,1H3,(H,26,27). The van der Waals surface area contributed by atoms with Crippen LogP contribution in [-0.4, -0.2) is 12.1 Å². The normalized spacial score (nSPS) is 11.2. The van der Waals surface area contributed by atoms with Gasteiger partial charge < -0.3 is 9.72 Å². The number of hydrogen-bond donors (Lipinski definition) is 1. The van der Waals surface area contributed by atoms with E-state index in [0.29, 0.717) is 22.4 Å². The number of methoxy groups -OCH3 is 1. The molecule has 3 aromatic carbocycles. The maximum absolute atomic E-state index is 14.7. The summed E-state index contributed by atoms with van der Waals surface area (Å²) in [5, 5.41) is 1.20. The number of halogens is 1. The number of pyridine rings is 1. The summed E-state index contributed by atoms with van der Waals surface area (Å²) in [5.41, 5.74) is 2.14. The summed E-state index contributed by atoms with van der Waals surface area (Å²) < 4.78 is 21.0. The van der Waals surface area contributed by atoms with Crippen molar-refractivity contribution < 1.29 is 9.13 Å². The van der Waals surface area contributed by atoms with E-state index in [-0.39, 0.29) is 10.8 Å². The van der Waals surface area contributed by atoms with Gasteiger partial charge in [0.05, 0.1) is 18.0 Å². The Morgan fingerprint density at radius 3 is 2.52 bits per heavy atom. The van der Waals surface area contributed by atoms with Crippen molar-refractivity contribution in [3.63, 3.8) is 0 Å². The van der Waals surface area contributed by atoms with Crippen LogP contribution in [0.2, 0.25) is 0 Å². The van der Waals surface area contributed by atoms with E-state index in [1.165, 1.54) is 6.07 Å². The Bertz CT molecular complexity index is 1380. The molecule has 5 aromatic rings. The third-order valence-electron chi connectivity index (χ3n) is 5.08. The van der Waals surface area contributed by atoms with Crippen LogP contribution >= 0.6 is 11.3 Å². The fourth-order valence-electron chi connectivity index (χ4n) is 3.60. The summed E-state index contributed by atoms with van der Waals surface area (Å²) in [4.78, 5) is 17.3. The molecule has 2 heterocycles. The lowest BCUT2D eigenvalue weighted by atomic mass is 10.0. The summed E-state index contributed by atoms with van der Waals surface area (Å²) in [7, 11) is 1.59. The highest BCUT2D eigenvalue weighted by atomic mass is 32.1. The fourth-order valence-corrected chi connectivity index (χ4v) is 4.69. The van der Waals surface area contributed by atoms with Gasteiger partial charge in [-0.1, -0.05) is 30.3 Å². The second-order valence-corrected chi connectivity index (χ2v) is 7.84. The molecule has 0 saturated carbocycles. The Hall–Kier alpha value is -3.44. The number of aromatic nitrogens is 1. The number of H-pyrrole nitrogens is 1. The first-order valence-corrected chi connectivity index (χ1v) is 9.94. The summed E-state index contributed by atoms with van der Waals surface area (Å²) >= 11 is 1.62. The lowest BCUT2D eigenvalue weighted by Crippen LogP contribution is -2.09. The second-order valence-electron chi connectivity index (χ2n) is 6.75. The summed E-state index contributed by atoms with van der Waals surface area (Å²) in [6.07, 6.45) is 1.66. The van der Waals surface area contributed by atoms with Gasteiger partial charge in [-0.2, -0.15) is 0 Å². The van der Waals surface area contributed by atoms with Crippen LogP contribution in [0.1, 0.15) is 0 Å². The minimum atomic E-state index is -0.526. The Morgan fingerprint density at radius 2 is 1.76 bits per heavy atom. The van der Waals surface area contributed by atoms with Crippen LogP contribution < -0.4 is 10.2 Å². The minimum absolute atomic E-state index is 0.0771. The van der Waals surface area contributed by atoms with Gasteiger partial charge in [-0.3, -0.25) is 4.79 Å². The van der Waals surface area contributed by atoms with Crippen molar-refractivity contribution in [1.82, 2.24) is 4.98 Å². The van der Waals surface area contributed by atoms with Gasteiger partial charge in [0.25, 0.3) is 0 Å². The van der Waals surface area contributed by atoms with Crippen molar-refractivity contribution >= 4 is 32.3 Å². The van der Waals surface area contributed by atoms with Crippen molar-refractivity contribution in [3.05, 3.63) is 89.0 Å². The number of ether oxygens (including phenoxy) is 1. The van der Waals surface area contributed by atoms with Crippen LogP contribution in [0.15, 0.2) is 77.7 Å². The van der Waals surface area contributed by atoms with Crippen molar-refractivity contribution in [2.24, 2.45) is 0 Å². The number of nitrogens with one attached hydrogen (secondary N) is 1. The highest BCUT2D eigenvalue weighted by Gasteiger charge is 2.16. The van der Waals surface area contributed by atoms with Crippen LogP contribution in [-0.2, 0) is 0 Å². The predicted octanol–water partition coefficient (Wildman–Crippen LogP) is 6.22. The van der Waals surface area contributed by atoms with Crippen LogP contribution in [0.25, 0.3) is 42.6 Å². The van der Waals surface area contributed by atoms with Gasteiger partial charge in [0.15, 0.2) is 5.43 Å². The molecule has 0 aliphatic rings. The van der Waals surface area contributed by atoms with E-state index in [1.807, 2.05) is 18.2 Å². The molecule has 142 valence electrons. The maximum atomic E-state index is 14.7. The third-order valence-corrected chi connectivity index (χ3v) is 6.23. The van der Waals surface area contributed by atoms with E-state index < -0.39 is 5.82 Å². The maximum Gasteiger partial charge on any atom is 0.200 e. The molecule has 0 aliphatic carbocycles. The number of thiophene rings is 1. The van der Waals surface area contributed by atoms with Gasteiger partial charge in [0.2, 0.25) is 0 Å². The highest BCUT2D eigenvalue weighted by Crippen LogP contribution is 2.37. The quantitative estimate of drug-likeness (QED) is 0.390. The molecule has 2 aromatic heterocycles. The van der Waals surface area contributed by atoms with Crippen LogP contribution in [0.4, 0.5) is 4.39 Å². The lowest BCUT2D eigenvalue weighted by molar-refractivity contribution is 0.415. The molecular formula is C24H16FNO2S. The smallest absolute Gasteiger partial charge is 0.200 e. The largest absolute Gasteiger partial charge is 0.497 e. The van der Waals surface area contributed by atoms with Crippen molar-refractivity contribution in [2.75, 3.05) is 7.11 Å². The van der Waals surface area contributed by atoms with Gasteiger partial charge in [0.1, 0.15) is 11.6 Å². The zero-order chi connectivity index (χ0) is 20.0. The first kappa shape index (κ1) is 17.6. The molecule has 1 N–H and O–H groups in total. The summed E-state index contributed by atoms with van der Waals surface area (Å²) in [6.45, 7) is 0. The second kappa shape index (κ2) is 6.87. The molecule has 3 nitrogen and oxygen atoms in total. The number of fused-ring (bicyclic) bond motifs is 2. The average molecular weight is 401 g/mol. The Kier molecular flexibility index (Phi) is 4.18. The minimum Gasteiger partial charge on any atom is -0.497 e. The first-order chi connectivity index (χ1) is 14.2. The summed E-state index contributed by atoms with van der Waals surface area (Å²) in [6, 6.07) is 20.4. The molecule has 0 radical (unpaired) electrons. The van der Waals surface area contributed by atoms with E-state index in [1.54, 1.807) is 55.0 Å². The van der Waals surface area contributed by atoms with Crippen LogP contribution in [0, 0.1) is 5.82 Å². The highest BCUT2D eigenvalue weighted by molar-refractivity contribution is 7.22. The van der Waals surface area contributed by atoms with Gasteiger partial charge in [-0.25, -0.2) is 4.39 Å². The Balaban J connectivity index is 1.73. The molecule has 0 unspecified atom stereocenters. The SMILES string of the molecule is COc1ccc(-c2c[nH]c3c(-c4cc5ccccc5s4)ccc(F)c3c2=O)cc1. The molecule has 5 heteroatoms. The lowest BCUT2D eigenvalue weighted by Gasteiger charge is -2.09. The monoisotopic (exact) mass is 401 g/mol. The van der Waals surface area contributed by atoms with Gasteiger partial charge in [-0.15, -0.1) is 11.3 Å². The third kappa shape index (κ3) is 2.91. The number of aromatic amines is 1. The molecule has 0 aliphatic heterocycles. The Labute approximate surface area is 170 Å². The molecule has 0 saturated heterocycles. The molecule has 0 spiro atoms. The van der Waals surface area contributed by atoms with Crippen molar-refractivity contribution in [3.8, 4) is 27.3 Å². The topological polar surface area (TPSA) is 42.1 Å². The van der Waals surface area contributed by atoms with Crippen LogP contribution in [0.5, 0.6) is 5.75 Å². The fraction of sp³-hybridized carbons (Fsp3) is 0.0417. The van der Waals surface area contributed by atoms with E-state index in [0.717, 1.165) is 20.5 Å². The molecule has 0 atom stereocenters. The predicted molar refractivity (Wildman–Crippen MR) is 117 cm³/mol. The molecular weight excluding hydrogens is 385 g/mol. The van der Waals surface area contributed by atoms with Crippen molar-refractivity contribution in [2.45, 2.75) is 0 Å². The van der Waals surface area contributed by atoms with Crippen molar-refractivity contribution in [1.29, 1.82) is 0 Å². The first-order valence-electron chi connectivity index (χ1n) is 9.13. The van der Waals surface area contributed by atoms with E-state index in [9.17, 15) is 9.18 Å². The average Bonchev–Trinajstić information content (AvgIpc) is 3.18. The molecule has 29 heavy (non-hydrogen) atoms. The number of benzene rings is 3. The number of hydrogen-bond acceptors (Lipinski definition) is 3. The zero-order valence-electron chi connectivity index (χ0n) is 15.5. The number of rotatable bonds is 3. The molecule has 0 fully saturated rings. The Morgan fingerprint density at radius 1 is 0.966 bits per heavy atom. The molecule has 0 amide bonds. The van der Waals surface area contributed by atoms with E-state index >= 15 is 0 Å². The van der Waals surface area contributed by atoms with E-state index in [4.69, 9.17) is 4.74 Å². The zero-order valence-corrected chi connectivity index (χ0v) is 16.3. The van der Waals surface area contributed by atoms with Crippen LogP contribution in [0.3, 0.4) is 0 Å². The molecule has 0 bridgehead atoms. The summed E-state index contributed by atoms with van der Waals surface area (Å²) in [5.74, 6) is 0.172. The van der Waals surface area contributed by atoms with Gasteiger partial charge >= 0.3 is 0 Å².